The van der Waals surface area contributed by atoms with Gasteiger partial charge in [0, 0.05) is 23.4 Å². The minimum atomic E-state index is 0.0970. The van der Waals surface area contributed by atoms with Crippen LogP contribution in [0.25, 0.3) is 11.3 Å². The van der Waals surface area contributed by atoms with E-state index >= 15 is 0 Å². The first-order chi connectivity index (χ1) is 13.3. The number of piperidine rings is 1. The summed E-state index contributed by atoms with van der Waals surface area (Å²) in [6.07, 6.45) is 7.62. The average molecular weight is 362 g/mol. The average Bonchev–Trinajstić information content (AvgIpc) is 3.26. The van der Waals surface area contributed by atoms with Gasteiger partial charge < -0.3 is 14.1 Å². The quantitative estimate of drug-likeness (QED) is 0.646. The molecule has 0 aliphatic carbocycles. The number of aromatic nitrogens is 1. The van der Waals surface area contributed by atoms with Crippen LogP contribution in [-0.4, -0.2) is 36.6 Å². The summed E-state index contributed by atoms with van der Waals surface area (Å²) in [7, 11) is 2.20. The first-order valence-corrected chi connectivity index (χ1v) is 9.55. The fraction of sp³-hybridized carbons (Fsp3) is 0.348. The standard InChI is InChI=1S/C23H26N2O2/c1-25-11-9-23(10-12-25,21-6-3-2-4-7-21)18-26-17-19-14-20(16-24-15-19)22-8-5-13-27-22/h2-8,13-16H,9-12,17-18H2,1H3. The van der Waals surface area contributed by atoms with Crippen LogP contribution in [0.5, 0.6) is 0 Å². The molecule has 140 valence electrons. The van der Waals surface area contributed by atoms with Crippen molar-refractivity contribution in [1.82, 2.24) is 9.88 Å². The number of rotatable bonds is 6. The Morgan fingerprint density at radius 2 is 1.89 bits per heavy atom. The van der Waals surface area contributed by atoms with Gasteiger partial charge in [-0.2, -0.15) is 0 Å². The summed E-state index contributed by atoms with van der Waals surface area (Å²) in [4.78, 5) is 6.75. The summed E-state index contributed by atoms with van der Waals surface area (Å²) in [5.41, 5.74) is 3.54. The van der Waals surface area contributed by atoms with Crippen molar-refractivity contribution in [1.29, 1.82) is 0 Å². The number of pyridine rings is 1. The molecule has 4 rings (SSSR count). The van der Waals surface area contributed by atoms with E-state index in [1.807, 2.05) is 24.5 Å². The lowest BCUT2D eigenvalue weighted by molar-refractivity contribution is 0.0407. The number of furan rings is 1. The van der Waals surface area contributed by atoms with Crippen molar-refractivity contribution in [2.24, 2.45) is 0 Å². The lowest BCUT2D eigenvalue weighted by atomic mass is 9.73. The predicted molar refractivity (Wildman–Crippen MR) is 106 cm³/mol. The molecule has 3 heterocycles. The zero-order valence-corrected chi connectivity index (χ0v) is 15.8. The van der Waals surface area contributed by atoms with E-state index in [4.69, 9.17) is 9.15 Å². The fourth-order valence-electron chi connectivity index (χ4n) is 3.86. The van der Waals surface area contributed by atoms with Gasteiger partial charge in [0.2, 0.25) is 0 Å². The highest BCUT2D eigenvalue weighted by molar-refractivity contribution is 5.56. The maximum atomic E-state index is 6.24. The summed E-state index contributed by atoms with van der Waals surface area (Å²) in [5.74, 6) is 0.834. The van der Waals surface area contributed by atoms with Crippen LogP contribution < -0.4 is 0 Å². The zero-order valence-electron chi connectivity index (χ0n) is 15.8. The van der Waals surface area contributed by atoms with E-state index in [-0.39, 0.29) is 5.41 Å². The second-order valence-corrected chi connectivity index (χ2v) is 7.50. The highest BCUT2D eigenvalue weighted by atomic mass is 16.5. The molecule has 1 aliphatic heterocycles. The van der Waals surface area contributed by atoms with Gasteiger partial charge in [0.1, 0.15) is 5.76 Å². The van der Waals surface area contributed by atoms with E-state index in [1.165, 1.54) is 5.56 Å². The van der Waals surface area contributed by atoms with E-state index in [0.717, 1.165) is 49.4 Å². The SMILES string of the molecule is CN1CCC(COCc2cncc(-c3ccco3)c2)(c2ccccc2)CC1. The van der Waals surface area contributed by atoms with Gasteiger partial charge in [-0.05, 0) is 62.3 Å². The maximum absolute atomic E-state index is 6.24. The second kappa shape index (κ2) is 8.07. The Balaban J connectivity index is 1.45. The van der Waals surface area contributed by atoms with E-state index in [1.54, 1.807) is 6.26 Å². The normalized spacial score (nSPS) is 17.1. The van der Waals surface area contributed by atoms with Crippen LogP contribution >= 0.6 is 0 Å². The number of hydrogen-bond donors (Lipinski definition) is 0. The van der Waals surface area contributed by atoms with E-state index in [0.29, 0.717) is 6.61 Å². The maximum Gasteiger partial charge on any atom is 0.135 e. The first kappa shape index (κ1) is 18.0. The highest BCUT2D eigenvalue weighted by Crippen LogP contribution is 2.35. The molecule has 2 aromatic heterocycles. The Hall–Kier alpha value is -2.43. The van der Waals surface area contributed by atoms with Gasteiger partial charge in [-0.15, -0.1) is 0 Å². The zero-order chi connectivity index (χ0) is 18.5. The molecule has 0 N–H and O–H groups in total. The van der Waals surface area contributed by atoms with Crippen LogP contribution in [0.4, 0.5) is 0 Å². The predicted octanol–water partition coefficient (Wildman–Crippen LogP) is 4.52. The van der Waals surface area contributed by atoms with Crippen LogP contribution in [-0.2, 0) is 16.8 Å². The molecule has 0 bridgehead atoms. The molecule has 0 atom stereocenters. The number of ether oxygens (including phenoxy) is 1. The summed E-state index contributed by atoms with van der Waals surface area (Å²) in [5, 5.41) is 0. The van der Waals surface area contributed by atoms with Crippen LogP contribution in [0.1, 0.15) is 24.0 Å². The molecule has 0 amide bonds. The van der Waals surface area contributed by atoms with E-state index in [9.17, 15) is 0 Å². The van der Waals surface area contributed by atoms with Crippen molar-refractivity contribution < 1.29 is 9.15 Å². The molecule has 0 saturated carbocycles. The van der Waals surface area contributed by atoms with Crippen LogP contribution in [0.15, 0.2) is 71.6 Å². The molecule has 1 fully saturated rings. The molecule has 4 heteroatoms. The Labute approximate surface area is 160 Å². The number of benzene rings is 1. The molecule has 1 aliphatic rings. The van der Waals surface area contributed by atoms with Crippen molar-refractivity contribution in [2.75, 3.05) is 26.7 Å². The number of likely N-dealkylation sites (tertiary alicyclic amines) is 1. The third kappa shape index (κ3) is 4.12. The molecular weight excluding hydrogens is 336 g/mol. The van der Waals surface area contributed by atoms with E-state index in [2.05, 4.69) is 53.3 Å². The van der Waals surface area contributed by atoms with Crippen LogP contribution in [0.3, 0.4) is 0 Å². The van der Waals surface area contributed by atoms with Gasteiger partial charge in [-0.25, -0.2) is 0 Å². The monoisotopic (exact) mass is 362 g/mol. The molecule has 1 aromatic carbocycles. The molecule has 4 nitrogen and oxygen atoms in total. The van der Waals surface area contributed by atoms with Gasteiger partial charge in [0.15, 0.2) is 0 Å². The summed E-state index contributed by atoms with van der Waals surface area (Å²) < 4.78 is 11.7. The smallest absolute Gasteiger partial charge is 0.135 e. The third-order valence-electron chi connectivity index (χ3n) is 5.58. The fourth-order valence-corrected chi connectivity index (χ4v) is 3.86. The van der Waals surface area contributed by atoms with Gasteiger partial charge in [0.25, 0.3) is 0 Å². The van der Waals surface area contributed by atoms with Crippen molar-refractivity contribution in [3.63, 3.8) is 0 Å². The molecule has 0 spiro atoms. The van der Waals surface area contributed by atoms with Crippen molar-refractivity contribution in [3.8, 4) is 11.3 Å². The topological polar surface area (TPSA) is 38.5 Å². The second-order valence-electron chi connectivity index (χ2n) is 7.50. The molecule has 27 heavy (non-hydrogen) atoms. The van der Waals surface area contributed by atoms with Crippen molar-refractivity contribution >= 4 is 0 Å². The lowest BCUT2D eigenvalue weighted by Gasteiger charge is -2.41. The third-order valence-corrected chi connectivity index (χ3v) is 5.58. The minimum absolute atomic E-state index is 0.0970. The molecule has 3 aromatic rings. The van der Waals surface area contributed by atoms with Crippen LogP contribution in [0.2, 0.25) is 0 Å². The molecule has 0 radical (unpaired) electrons. The summed E-state index contributed by atoms with van der Waals surface area (Å²) >= 11 is 0. The number of hydrogen-bond acceptors (Lipinski definition) is 4. The summed E-state index contributed by atoms with van der Waals surface area (Å²) in [6, 6.07) is 16.8. The molecule has 1 saturated heterocycles. The molecule has 0 unspecified atom stereocenters. The van der Waals surface area contributed by atoms with Gasteiger partial charge in [-0.3, -0.25) is 4.98 Å². The van der Waals surface area contributed by atoms with E-state index < -0.39 is 0 Å². The highest BCUT2D eigenvalue weighted by Gasteiger charge is 2.35. The van der Waals surface area contributed by atoms with Gasteiger partial charge >= 0.3 is 0 Å². The molecular formula is C23H26N2O2. The van der Waals surface area contributed by atoms with Crippen molar-refractivity contribution in [3.05, 3.63) is 78.3 Å². The van der Waals surface area contributed by atoms with Gasteiger partial charge in [-0.1, -0.05) is 30.3 Å². The Kier molecular flexibility index (Phi) is 5.37. The Morgan fingerprint density at radius 3 is 2.63 bits per heavy atom. The largest absolute Gasteiger partial charge is 0.464 e. The number of nitrogens with zero attached hydrogens (tertiary/aromatic N) is 2. The summed E-state index contributed by atoms with van der Waals surface area (Å²) in [6.45, 7) is 3.50. The lowest BCUT2D eigenvalue weighted by Crippen LogP contribution is -2.43. The Morgan fingerprint density at radius 1 is 1.07 bits per heavy atom. The first-order valence-electron chi connectivity index (χ1n) is 9.55. The van der Waals surface area contributed by atoms with Crippen molar-refractivity contribution in [2.45, 2.75) is 24.9 Å². The van der Waals surface area contributed by atoms with Crippen LogP contribution in [0, 0.1) is 0 Å². The Bertz CT molecular complexity index is 838. The van der Waals surface area contributed by atoms with Gasteiger partial charge in [0.05, 0.1) is 19.5 Å². The minimum Gasteiger partial charge on any atom is -0.464 e.